The smallest absolute Gasteiger partial charge is 0.0463 e. The summed E-state index contributed by atoms with van der Waals surface area (Å²) in [6.45, 7) is 4.24. The lowest BCUT2D eigenvalue weighted by Gasteiger charge is -2.26. The van der Waals surface area contributed by atoms with Gasteiger partial charge < -0.3 is 10.2 Å². The molecule has 0 aliphatic rings. The normalized spacial score (nSPS) is 10.6. The Morgan fingerprint density at radius 2 is 0.794 bits per heavy atom. The Morgan fingerprint density at radius 1 is 0.412 bits per heavy atom. The van der Waals surface area contributed by atoms with Crippen molar-refractivity contribution in [3.8, 4) is 11.1 Å². The van der Waals surface area contributed by atoms with E-state index in [0.29, 0.717) is 0 Å². The first-order chi connectivity index (χ1) is 16.7. The van der Waals surface area contributed by atoms with E-state index in [4.69, 9.17) is 0 Å². The van der Waals surface area contributed by atoms with Crippen molar-refractivity contribution in [2.45, 2.75) is 13.8 Å². The van der Waals surface area contributed by atoms with Gasteiger partial charge in [0.25, 0.3) is 0 Å². The zero-order chi connectivity index (χ0) is 23.3. The fourth-order valence-corrected chi connectivity index (χ4v) is 4.07. The van der Waals surface area contributed by atoms with Gasteiger partial charge in [-0.2, -0.15) is 0 Å². The molecule has 34 heavy (non-hydrogen) atoms. The number of hydrogen-bond donors (Lipinski definition) is 1. The summed E-state index contributed by atoms with van der Waals surface area (Å²) in [6, 6.07) is 45.0. The van der Waals surface area contributed by atoms with Gasteiger partial charge in [0.1, 0.15) is 0 Å². The summed E-state index contributed by atoms with van der Waals surface area (Å²) in [6.07, 6.45) is 0. The standard InChI is InChI=1S/C32H28N2/c1-24-8-18-30(19-9-24)34(31-20-10-25(2)11-21-31)32-22-16-29(17-23-32)33-28-14-12-27(13-15-28)26-6-4-3-5-7-26/h3-23,33H,1-2H3. The molecule has 0 saturated carbocycles. The molecule has 1 N–H and O–H groups in total. The average molecular weight is 441 g/mol. The molecule has 0 saturated heterocycles. The summed E-state index contributed by atoms with van der Waals surface area (Å²) in [7, 11) is 0. The molecule has 0 radical (unpaired) electrons. The first kappa shape index (κ1) is 21.5. The SMILES string of the molecule is Cc1ccc(N(c2ccc(C)cc2)c2ccc(Nc3ccc(-c4ccccc4)cc3)cc2)cc1. The van der Waals surface area contributed by atoms with E-state index in [1.165, 1.54) is 22.3 Å². The minimum atomic E-state index is 1.06. The minimum absolute atomic E-state index is 1.06. The highest BCUT2D eigenvalue weighted by Crippen LogP contribution is 2.35. The Kier molecular flexibility index (Phi) is 6.13. The third kappa shape index (κ3) is 4.87. The summed E-state index contributed by atoms with van der Waals surface area (Å²) >= 11 is 0. The van der Waals surface area contributed by atoms with Crippen LogP contribution in [0.1, 0.15) is 11.1 Å². The van der Waals surface area contributed by atoms with Crippen LogP contribution in [-0.2, 0) is 0 Å². The van der Waals surface area contributed by atoms with Gasteiger partial charge in [0.05, 0.1) is 0 Å². The van der Waals surface area contributed by atoms with Crippen LogP contribution < -0.4 is 10.2 Å². The number of anilines is 5. The van der Waals surface area contributed by atoms with E-state index in [-0.39, 0.29) is 0 Å². The van der Waals surface area contributed by atoms with Crippen molar-refractivity contribution in [1.82, 2.24) is 0 Å². The van der Waals surface area contributed by atoms with Gasteiger partial charge in [-0.05, 0) is 85.6 Å². The summed E-state index contributed by atoms with van der Waals surface area (Å²) in [5, 5.41) is 3.52. The molecule has 0 spiro atoms. The van der Waals surface area contributed by atoms with Crippen molar-refractivity contribution >= 4 is 28.4 Å². The van der Waals surface area contributed by atoms with Gasteiger partial charge in [-0.3, -0.25) is 0 Å². The molecule has 166 valence electrons. The molecule has 5 aromatic carbocycles. The van der Waals surface area contributed by atoms with Crippen LogP contribution in [0, 0.1) is 13.8 Å². The van der Waals surface area contributed by atoms with Gasteiger partial charge in [0, 0.05) is 28.4 Å². The Morgan fingerprint density at radius 3 is 1.26 bits per heavy atom. The Bertz CT molecular complexity index is 1290. The van der Waals surface area contributed by atoms with Gasteiger partial charge in [0.2, 0.25) is 0 Å². The second kappa shape index (κ2) is 9.68. The third-order valence-electron chi connectivity index (χ3n) is 5.99. The molecule has 0 bridgehead atoms. The third-order valence-corrected chi connectivity index (χ3v) is 5.99. The monoisotopic (exact) mass is 440 g/mol. The molecule has 0 amide bonds. The maximum atomic E-state index is 3.52. The van der Waals surface area contributed by atoms with Crippen molar-refractivity contribution in [2.24, 2.45) is 0 Å². The topological polar surface area (TPSA) is 15.3 Å². The fourth-order valence-electron chi connectivity index (χ4n) is 4.07. The number of hydrogen-bond acceptors (Lipinski definition) is 2. The highest BCUT2D eigenvalue weighted by Gasteiger charge is 2.12. The summed E-state index contributed by atoms with van der Waals surface area (Å²) in [5.74, 6) is 0. The van der Waals surface area contributed by atoms with Crippen LogP contribution in [0.3, 0.4) is 0 Å². The van der Waals surface area contributed by atoms with Gasteiger partial charge in [-0.25, -0.2) is 0 Å². The largest absolute Gasteiger partial charge is 0.356 e. The van der Waals surface area contributed by atoms with Crippen LogP contribution >= 0.6 is 0 Å². The maximum Gasteiger partial charge on any atom is 0.0463 e. The summed E-state index contributed by atoms with van der Waals surface area (Å²) in [4.78, 5) is 2.29. The van der Waals surface area contributed by atoms with Crippen LogP contribution in [0.25, 0.3) is 11.1 Å². The lowest BCUT2D eigenvalue weighted by molar-refractivity contribution is 1.27. The van der Waals surface area contributed by atoms with Gasteiger partial charge >= 0.3 is 0 Å². The zero-order valence-electron chi connectivity index (χ0n) is 19.6. The van der Waals surface area contributed by atoms with Crippen LogP contribution in [0.5, 0.6) is 0 Å². The van der Waals surface area contributed by atoms with E-state index >= 15 is 0 Å². The summed E-state index contributed by atoms with van der Waals surface area (Å²) < 4.78 is 0. The van der Waals surface area contributed by atoms with Gasteiger partial charge in [0.15, 0.2) is 0 Å². The molecule has 5 rings (SSSR count). The molecule has 5 aromatic rings. The van der Waals surface area contributed by atoms with Crippen LogP contribution in [0.4, 0.5) is 28.4 Å². The van der Waals surface area contributed by atoms with E-state index < -0.39 is 0 Å². The highest BCUT2D eigenvalue weighted by molar-refractivity contribution is 5.78. The van der Waals surface area contributed by atoms with Crippen LogP contribution in [0.2, 0.25) is 0 Å². The fraction of sp³-hybridized carbons (Fsp3) is 0.0625. The highest BCUT2D eigenvalue weighted by atomic mass is 15.1. The number of nitrogens with zero attached hydrogens (tertiary/aromatic N) is 1. The molecule has 0 unspecified atom stereocenters. The Balaban J connectivity index is 1.38. The molecule has 2 nitrogen and oxygen atoms in total. The molecule has 0 aliphatic carbocycles. The van der Waals surface area contributed by atoms with Gasteiger partial charge in [-0.1, -0.05) is 77.9 Å². The van der Waals surface area contributed by atoms with Gasteiger partial charge in [-0.15, -0.1) is 0 Å². The Hall–Kier alpha value is -4.30. The second-order valence-corrected chi connectivity index (χ2v) is 8.62. The van der Waals surface area contributed by atoms with Crippen molar-refractivity contribution in [2.75, 3.05) is 10.2 Å². The quantitative estimate of drug-likeness (QED) is 0.283. The molecule has 0 heterocycles. The van der Waals surface area contributed by atoms with Crippen molar-refractivity contribution in [3.63, 3.8) is 0 Å². The van der Waals surface area contributed by atoms with E-state index in [1.54, 1.807) is 0 Å². The number of rotatable bonds is 6. The van der Waals surface area contributed by atoms with E-state index in [1.807, 2.05) is 6.07 Å². The molecule has 0 aromatic heterocycles. The summed E-state index contributed by atoms with van der Waals surface area (Å²) in [5.41, 5.74) is 10.5. The molecule has 2 heteroatoms. The number of nitrogens with one attached hydrogen (secondary N) is 1. The zero-order valence-corrected chi connectivity index (χ0v) is 19.6. The predicted molar refractivity (Wildman–Crippen MR) is 146 cm³/mol. The first-order valence-electron chi connectivity index (χ1n) is 11.6. The second-order valence-electron chi connectivity index (χ2n) is 8.62. The Labute approximate surface area is 202 Å². The van der Waals surface area contributed by atoms with E-state index in [0.717, 1.165) is 28.4 Å². The predicted octanol–water partition coefficient (Wildman–Crippen LogP) is 9.18. The lowest BCUT2D eigenvalue weighted by atomic mass is 10.1. The van der Waals surface area contributed by atoms with Crippen molar-refractivity contribution in [1.29, 1.82) is 0 Å². The average Bonchev–Trinajstić information content (AvgIpc) is 2.88. The molecular formula is C32H28N2. The first-order valence-corrected chi connectivity index (χ1v) is 11.6. The molecular weight excluding hydrogens is 412 g/mol. The van der Waals surface area contributed by atoms with Crippen molar-refractivity contribution in [3.05, 3.63) is 139 Å². The maximum absolute atomic E-state index is 3.52. The van der Waals surface area contributed by atoms with E-state index in [2.05, 4.69) is 145 Å². The molecule has 0 atom stereocenters. The lowest BCUT2D eigenvalue weighted by Crippen LogP contribution is -2.09. The molecule has 0 aliphatic heterocycles. The van der Waals surface area contributed by atoms with Crippen molar-refractivity contribution < 1.29 is 0 Å². The number of benzene rings is 5. The number of aryl methyl sites for hydroxylation is 2. The van der Waals surface area contributed by atoms with Crippen LogP contribution in [-0.4, -0.2) is 0 Å². The van der Waals surface area contributed by atoms with E-state index in [9.17, 15) is 0 Å². The minimum Gasteiger partial charge on any atom is -0.356 e. The van der Waals surface area contributed by atoms with Crippen LogP contribution in [0.15, 0.2) is 127 Å². The molecule has 0 fully saturated rings.